The standard InChI is InChI=1S/C15H12FNOS/c1-19(18)12-4-2-3-10(7-12)14-9-17-15-8-11(16)5-6-13(14)15/h2-9,17H,1H3. The van der Waals surface area contributed by atoms with Crippen molar-refractivity contribution >= 4 is 22.1 Å². The van der Waals surface area contributed by atoms with Gasteiger partial charge in [0.15, 0.2) is 4.90 Å². The Balaban J connectivity index is 2.16. The van der Waals surface area contributed by atoms with E-state index in [0.29, 0.717) is 0 Å². The van der Waals surface area contributed by atoms with Gasteiger partial charge < -0.3 is 9.54 Å². The van der Waals surface area contributed by atoms with Gasteiger partial charge in [-0.15, -0.1) is 0 Å². The Morgan fingerprint density at radius 3 is 2.79 bits per heavy atom. The number of halogens is 1. The average Bonchev–Trinajstić information content (AvgIpc) is 2.81. The lowest BCUT2D eigenvalue weighted by molar-refractivity contribution is 0.601. The summed E-state index contributed by atoms with van der Waals surface area (Å²) >= 11 is -1.01. The third kappa shape index (κ3) is 2.25. The molecule has 1 atom stereocenters. The molecule has 0 amide bonds. The number of fused-ring (bicyclic) bond motifs is 1. The van der Waals surface area contributed by atoms with E-state index in [0.717, 1.165) is 26.9 Å². The van der Waals surface area contributed by atoms with E-state index >= 15 is 0 Å². The highest BCUT2D eigenvalue weighted by atomic mass is 32.2. The zero-order valence-electron chi connectivity index (χ0n) is 10.3. The molecule has 0 fully saturated rings. The molecule has 0 radical (unpaired) electrons. The molecule has 0 bridgehead atoms. The number of aromatic amines is 1. The Hall–Kier alpha value is -1.78. The van der Waals surface area contributed by atoms with Gasteiger partial charge in [-0.25, -0.2) is 4.39 Å². The Morgan fingerprint density at radius 1 is 1.16 bits per heavy atom. The fourth-order valence-corrected chi connectivity index (χ4v) is 2.74. The zero-order chi connectivity index (χ0) is 13.4. The summed E-state index contributed by atoms with van der Waals surface area (Å²) in [5.74, 6) is -0.260. The molecule has 0 spiro atoms. The molecule has 0 aliphatic rings. The van der Waals surface area contributed by atoms with Gasteiger partial charge in [-0.3, -0.25) is 0 Å². The summed E-state index contributed by atoms with van der Waals surface area (Å²) in [6.45, 7) is 0. The predicted molar refractivity (Wildman–Crippen MR) is 76.0 cm³/mol. The summed E-state index contributed by atoms with van der Waals surface area (Å²) < 4.78 is 24.7. The van der Waals surface area contributed by atoms with E-state index < -0.39 is 11.2 Å². The molecule has 3 rings (SSSR count). The average molecular weight is 273 g/mol. The van der Waals surface area contributed by atoms with Gasteiger partial charge in [0.2, 0.25) is 0 Å². The van der Waals surface area contributed by atoms with E-state index in [1.165, 1.54) is 12.1 Å². The second kappa shape index (κ2) is 4.72. The molecule has 1 unspecified atom stereocenters. The van der Waals surface area contributed by atoms with Gasteiger partial charge in [-0.2, -0.15) is 0 Å². The third-order valence-electron chi connectivity index (χ3n) is 3.12. The van der Waals surface area contributed by atoms with Crippen LogP contribution in [0, 0.1) is 5.82 Å². The van der Waals surface area contributed by atoms with E-state index in [9.17, 15) is 8.94 Å². The predicted octanol–water partition coefficient (Wildman–Crippen LogP) is 3.71. The van der Waals surface area contributed by atoms with Crippen LogP contribution in [0.2, 0.25) is 0 Å². The normalized spacial score (nSPS) is 12.8. The first-order valence-electron chi connectivity index (χ1n) is 5.85. The molecule has 1 aromatic heterocycles. The molecule has 1 heterocycles. The van der Waals surface area contributed by atoms with Crippen LogP contribution in [-0.4, -0.2) is 15.8 Å². The minimum absolute atomic E-state index is 0.260. The van der Waals surface area contributed by atoms with Crippen molar-refractivity contribution in [2.24, 2.45) is 0 Å². The van der Waals surface area contributed by atoms with Crippen molar-refractivity contribution in [1.82, 2.24) is 4.98 Å². The monoisotopic (exact) mass is 273 g/mol. The van der Waals surface area contributed by atoms with Crippen LogP contribution in [0.25, 0.3) is 22.0 Å². The Kier molecular flexibility index (Phi) is 3.05. The Bertz CT molecular complexity index is 736. The topological polar surface area (TPSA) is 38.8 Å². The largest absolute Gasteiger partial charge is 0.612 e. The molecular formula is C15H12FNOS. The van der Waals surface area contributed by atoms with Crippen LogP contribution in [0.15, 0.2) is 53.6 Å². The minimum Gasteiger partial charge on any atom is -0.612 e. The molecule has 2 aromatic carbocycles. The second-order valence-corrected chi connectivity index (χ2v) is 5.75. The van der Waals surface area contributed by atoms with Gasteiger partial charge in [0, 0.05) is 28.7 Å². The first-order chi connectivity index (χ1) is 9.15. The van der Waals surface area contributed by atoms with Gasteiger partial charge >= 0.3 is 0 Å². The van der Waals surface area contributed by atoms with Crippen molar-refractivity contribution in [2.75, 3.05) is 6.26 Å². The third-order valence-corrected chi connectivity index (χ3v) is 4.04. The number of benzene rings is 2. The molecule has 1 N–H and O–H groups in total. The summed E-state index contributed by atoms with van der Waals surface area (Å²) in [5.41, 5.74) is 2.73. The SMILES string of the molecule is C[S+]([O-])c1cccc(-c2c[nH]c3cc(F)ccc23)c1. The first-order valence-corrected chi connectivity index (χ1v) is 7.41. The molecule has 2 nitrogen and oxygen atoms in total. The summed E-state index contributed by atoms with van der Waals surface area (Å²) in [4.78, 5) is 3.85. The number of nitrogens with one attached hydrogen (secondary N) is 1. The number of hydrogen-bond donors (Lipinski definition) is 1. The van der Waals surface area contributed by atoms with Crippen molar-refractivity contribution in [1.29, 1.82) is 0 Å². The molecule has 0 saturated heterocycles. The first kappa shape index (κ1) is 12.3. The van der Waals surface area contributed by atoms with Crippen molar-refractivity contribution in [3.63, 3.8) is 0 Å². The summed E-state index contributed by atoms with van der Waals surface area (Å²) in [7, 11) is 0. The number of hydrogen-bond acceptors (Lipinski definition) is 1. The number of aromatic nitrogens is 1. The zero-order valence-corrected chi connectivity index (χ0v) is 11.1. The van der Waals surface area contributed by atoms with Gasteiger partial charge in [-0.05, 0) is 41.0 Å². The van der Waals surface area contributed by atoms with E-state index in [2.05, 4.69) is 4.98 Å². The van der Waals surface area contributed by atoms with E-state index in [1.807, 2.05) is 30.5 Å². The van der Waals surface area contributed by atoms with E-state index in [-0.39, 0.29) is 5.82 Å². The minimum atomic E-state index is -1.01. The van der Waals surface area contributed by atoms with Gasteiger partial charge in [0.05, 0.1) is 0 Å². The summed E-state index contributed by atoms with van der Waals surface area (Å²) in [6, 6.07) is 12.3. The van der Waals surface area contributed by atoms with Crippen LogP contribution in [0.3, 0.4) is 0 Å². The fourth-order valence-electron chi connectivity index (χ4n) is 2.18. The molecule has 0 aliphatic carbocycles. The molecule has 0 aliphatic heterocycles. The summed E-state index contributed by atoms with van der Waals surface area (Å²) in [5, 5.41) is 0.959. The lowest BCUT2D eigenvalue weighted by atomic mass is 10.1. The molecule has 3 aromatic rings. The summed E-state index contributed by atoms with van der Waals surface area (Å²) in [6.07, 6.45) is 3.51. The molecule has 19 heavy (non-hydrogen) atoms. The van der Waals surface area contributed by atoms with E-state index in [1.54, 1.807) is 12.3 Å². The van der Waals surface area contributed by atoms with Crippen LogP contribution >= 0.6 is 0 Å². The highest BCUT2D eigenvalue weighted by Crippen LogP contribution is 2.30. The maximum atomic E-state index is 13.2. The fraction of sp³-hybridized carbons (Fsp3) is 0.0667. The molecule has 4 heteroatoms. The van der Waals surface area contributed by atoms with Crippen LogP contribution in [0.5, 0.6) is 0 Å². The highest BCUT2D eigenvalue weighted by molar-refractivity contribution is 7.90. The van der Waals surface area contributed by atoms with Crippen molar-refractivity contribution in [3.8, 4) is 11.1 Å². The molecule has 96 valence electrons. The number of H-pyrrole nitrogens is 1. The maximum absolute atomic E-state index is 13.2. The quantitative estimate of drug-likeness (QED) is 0.710. The van der Waals surface area contributed by atoms with Crippen molar-refractivity contribution < 1.29 is 8.94 Å². The maximum Gasteiger partial charge on any atom is 0.153 e. The number of rotatable bonds is 2. The highest BCUT2D eigenvalue weighted by Gasteiger charge is 2.10. The van der Waals surface area contributed by atoms with Crippen molar-refractivity contribution in [3.05, 3.63) is 54.5 Å². The van der Waals surface area contributed by atoms with Gasteiger partial charge in [-0.1, -0.05) is 12.1 Å². The van der Waals surface area contributed by atoms with Crippen LogP contribution in [0.4, 0.5) is 4.39 Å². The van der Waals surface area contributed by atoms with Gasteiger partial charge in [0.25, 0.3) is 0 Å². The van der Waals surface area contributed by atoms with E-state index in [4.69, 9.17) is 0 Å². The second-order valence-electron chi connectivity index (χ2n) is 4.37. The van der Waals surface area contributed by atoms with Gasteiger partial charge in [0.1, 0.15) is 12.1 Å². The van der Waals surface area contributed by atoms with Crippen LogP contribution in [-0.2, 0) is 11.2 Å². The molecular weight excluding hydrogens is 261 g/mol. The Labute approximate surface area is 113 Å². The lowest BCUT2D eigenvalue weighted by Gasteiger charge is -2.06. The van der Waals surface area contributed by atoms with Crippen molar-refractivity contribution in [2.45, 2.75) is 4.90 Å². The Morgan fingerprint density at radius 2 is 2.00 bits per heavy atom. The molecule has 0 saturated carbocycles. The van der Waals surface area contributed by atoms with Crippen LogP contribution in [0.1, 0.15) is 0 Å². The smallest absolute Gasteiger partial charge is 0.153 e. The van der Waals surface area contributed by atoms with Crippen LogP contribution < -0.4 is 0 Å². The lowest BCUT2D eigenvalue weighted by Crippen LogP contribution is -1.96.